The highest BCUT2D eigenvalue weighted by Crippen LogP contribution is 2.15. The predicted molar refractivity (Wildman–Crippen MR) is 70.5 cm³/mol. The van der Waals surface area contributed by atoms with E-state index in [0.717, 1.165) is 31.7 Å². The molecule has 0 unspecified atom stereocenters. The Bertz CT molecular complexity index is 406. The molecule has 0 spiro atoms. The zero-order chi connectivity index (χ0) is 13.1. The van der Waals surface area contributed by atoms with Gasteiger partial charge < -0.3 is 15.1 Å². The van der Waals surface area contributed by atoms with Crippen LogP contribution in [0.25, 0.3) is 0 Å². The van der Waals surface area contributed by atoms with Gasteiger partial charge in [0.25, 0.3) is 0 Å². The van der Waals surface area contributed by atoms with Gasteiger partial charge in [-0.2, -0.15) is 5.10 Å². The summed E-state index contributed by atoms with van der Waals surface area (Å²) in [5.41, 5.74) is 0. The second kappa shape index (κ2) is 5.29. The van der Waals surface area contributed by atoms with E-state index in [1.54, 1.807) is 23.7 Å². The number of nitrogens with zero attached hydrogens (tertiary/aromatic N) is 4. The minimum atomic E-state index is 0.103. The number of amides is 2. The molecule has 0 aromatic carbocycles. The Balaban J connectivity index is 1.82. The van der Waals surface area contributed by atoms with E-state index < -0.39 is 0 Å². The van der Waals surface area contributed by atoms with Gasteiger partial charge in [0.1, 0.15) is 5.82 Å². The van der Waals surface area contributed by atoms with Crippen molar-refractivity contribution in [2.45, 2.75) is 18.9 Å². The van der Waals surface area contributed by atoms with Crippen molar-refractivity contribution in [2.24, 2.45) is 7.05 Å². The summed E-state index contributed by atoms with van der Waals surface area (Å²) in [7, 11) is 5.49. The second-order valence-corrected chi connectivity index (χ2v) is 4.96. The van der Waals surface area contributed by atoms with Crippen molar-refractivity contribution in [3.05, 3.63) is 12.3 Å². The maximum atomic E-state index is 11.8. The number of urea groups is 1. The summed E-state index contributed by atoms with van der Waals surface area (Å²) in [5.74, 6) is 0.912. The molecule has 0 aliphatic carbocycles. The maximum absolute atomic E-state index is 11.8. The Hall–Kier alpha value is -1.72. The highest BCUT2D eigenvalue weighted by molar-refractivity contribution is 5.73. The van der Waals surface area contributed by atoms with Crippen LogP contribution in [0.2, 0.25) is 0 Å². The Morgan fingerprint density at radius 2 is 2.11 bits per heavy atom. The van der Waals surface area contributed by atoms with Gasteiger partial charge >= 0.3 is 6.03 Å². The molecule has 6 heteroatoms. The van der Waals surface area contributed by atoms with E-state index in [1.807, 2.05) is 24.2 Å². The van der Waals surface area contributed by atoms with E-state index in [1.165, 1.54) is 0 Å². The number of hydrogen-bond acceptors (Lipinski definition) is 3. The van der Waals surface area contributed by atoms with E-state index >= 15 is 0 Å². The van der Waals surface area contributed by atoms with Gasteiger partial charge in [-0.05, 0) is 12.8 Å². The first-order valence-corrected chi connectivity index (χ1v) is 6.28. The first-order valence-electron chi connectivity index (χ1n) is 6.28. The van der Waals surface area contributed by atoms with Gasteiger partial charge in [0.05, 0.1) is 0 Å². The second-order valence-electron chi connectivity index (χ2n) is 4.96. The quantitative estimate of drug-likeness (QED) is 0.852. The van der Waals surface area contributed by atoms with E-state index in [4.69, 9.17) is 0 Å². The Labute approximate surface area is 108 Å². The van der Waals surface area contributed by atoms with Crippen LogP contribution in [-0.4, -0.2) is 58.8 Å². The van der Waals surface area contributed by atoms with Crippen molar-refractivity contribution in [1.29, 1.82) is 0 Å². The summed E-state index contributed by atoms with van der Waals surface area (Å²) in [5, 5.41) is 7.71. The molecule has 1 saturated heterocycles. The molecule has 0 atom stereocenters. The van der Waals surface area contributed by atoms with Crippen LogP contribution in [0.1, 0.15) is 12.8 Å². The lowest BCUT2D eigenvalue weighted by Gasteiger charge is -2.33. The third kappa shape index (κ3) is 2.94. The van der Waals surface area contributed by atoms with Crippen molar-refractivity contribution in [3.63, 3.8) is 0 Å². The Kier molecular flexibility index (Phi) is 3.74. The number of aromatic nitrogens is 2. The minimum absolute atomic E-state index is 0.103. The average Bonchev–Trinajstić information content (AvgIpc) is 2.75. The van der Waals surface area contributed by atoms with Gasteiger partial charge in [-0.25, -0.2) is 4.79 Å². The SMILES string of the molecule is CN(C)C(=O)N1CCC(Nc2ccn(C)n2)CC1. The van der Waals surface area contributed by atoms with Gasteiger partial charge in [-0.3, -0.25) is 4.68 Å². The number of likely N-dealkylation sites (tertiary alicyclic amines) is 1. The number of aryl methyl sites for hydroxylation is 1. The fourth-order valence-electron chi connectivity index (χ4n) is 2.20. The molecule has 0 radical (unpaired) electrons. The molecular formula is C12H21N5O. The molecule has 1 aromatic heterocycles. The van der Waals surface area contributed by atoms with Crippen molar-refractivity contribution in [2.75, 3.05) is 32.5 Å². The lowest BCUT2D eigenvalue weighted by atomic mass is 10.1. The molecule has 1 aromatic rings. The monoisotopic (exact) mass is 251 g/mol. The molecule has 18 heavy (non-hydrogen) atoms. The van der Waals surface area contributed by atoms with E-state index in [9.17, 15) is 4.79 Å². The van der Waals surface area contributed by atoms with Gasteiger partial charge in [0.15, 0.2) is 0 Å². The maximum Gasteiger partial charge on any atom is 0.319 e. The number of piperidine rings is 1. The summed E-state index contributed by atoms with van der Waals surface area (Å²) in [6.45, 7) is 1.61. The smallest absolute Gasteiger partial charge is 0.319 e. The van der Waals surface area contributed by atoms with Gasteiger partial charge in [0, 0.05) is 52.5 Å². The third-order valence-corrected chi connectivity index (χ3v) is 3.21. The van der Waals surface area contributed by atoms with Crippen molar-refractivity contribution < 1.29 is 4.79 Å². The fourth-order valence-corrected chi connectivity index (χ4v) is 2.20. The largest absolute Gasteiger partial charge is 0.366 e. The molecule has 1 fully saturated rings. The number of carbonyl (C=O) groups is 1. The van der Waals surface area contributed by atoms with E-state index in [2.05, 4.69) is 10.4 Å². The summed E-state index contributed by atoms with van der Waals surface area (Å²) in [6.07, 6.45) is 3.86. The van der Waals surface area contributed by atoms with Crippen molar-refractivity contribution >= 4 is 11.8 Å². The molecule has 2 heterocycles. The molecule has 1 aliphatic rings. The minimum Gasteiger partial charge on any atom is -0.366 e. The Morgan fingerprint density at radius 3 is 2.61 bits per heavy atom. The number of carbonyl (C=O) groups excluding carboxylic acids is 1. The van der Waals surface area contributed by atoms with Crippen LogP contribution in [0, 0.1) is 0 Å². The van der Waals surface area contributed by atoms with Gasteiger partial charge in [-0.15, -0.1) is 0 Å². The lowest BCUT2D eigenvalue weighted by Crippen LogP contribution is -2.46. The molecule has 2 amide bonds. The molecule has 1 aliphatic heterocycles. The lowest BCUT2D eigenvalue weighted by molar-refractivity contribution is 0.158. The van der Waals surface area contributed by atoms with E-state index in [0.29, 0.717) is 6.04 Å². The first-order chi connectivity index (χ1) is 8.56. The highest BCUT2D eigenvalue weighted by atomic mass is 16.2. The number of nitrogens with one attached hydrogen (secondary N) is 1. The fraction of sp³-hybridized carbons (Fsp3) is 0.667. The van der Waals surface area contributed by atoms with Crippen LogP contribution in [0.15, 0.2) is 12.3 Å². The summed E-state index contributed by atoms with van der Waals surface area (Å²) in [4.78, 5) is 15.3. The van der Waals surface area contributed by atoms with Gasteiger partial charge in [0.2, 0.25) is 0 Å². The van der Waals surface area contributed by atoms with Crippen LogP contribution < -0.4 is 5.32 Å². The normalized spacial score (nSPS) is 16.7. The topological polar surface area (TPSA) is 53.4 Å². The molecule has 1 N–H and O–H groups in total. The van der Waals surface area contributed by atoms with Crippen molar-refractivity contribution in [1.82, 2.24) is 19.6 Å². The third-order valence-electron chi connectivity index (χ3n) is 3.21. The Morgan fingerprint density at radius 1 is 1.44 bits per heavy atom. The summed E-state index contributed by atoms with van der Waals surface area (Å²) in [6, 6.07) is 2.48. The van der Waals surface area contributed by atoms with Crippen molar-refractivity contribution in [3.8, 4) is 0 Å². The van der Waals surface area contributed by atoms with E-state index in [-0.39, 0.29) is 6.03 Å². The van der Waals surface area contributed by atoms with Gasteiger partial charge in [-0.1, -0.05) is 0 Å². The zero-order valence-electron chi connectivity index (χ0n) is 11.3. The molecule has 2 rings (SSSR count). The highest BCUT2D eigenvalue weighted by Gasteiger charge is 2.23. The van der Waals surface area contributed by atoms with Crippen LogP contribution in [0.3, 0.4) is 0 Å². The standard InChI is InChI=1S/C12H21N5O/c1-15(2)12(18)17-8-4-10(5-9-17)13-11-6-7-16(3)14-11/h6-7,10H,4-5,8-9H2,1-3H3,(H,13,14). The van der Waals surface area contributed by atoms with Crippen LogP contribution >= 0.6 is 0 Å². The number of anilines is 1. The average molecular weight is 251 g/mol. The number of rotatable bonds is 2. The molecule has 0 saturated carbocycles. The van der Waals surface area contributed by atoms with Crippen LogP contribution in [0.4, 0.5) is 10.6 Å². The summed E-state index contributed by atoms with van der Waals surface area (Å²) < 4.78 is 1.78. The number of hydrogen-bond donors (Lipinski definition) is 1. The summed E-state index contributed by atoms with van der Waals surface area (Å²) >= 11 is 0. The zero-order valence-corrected chi connectivity index (χ0v) is 11.3. The molecule has 0 bridgehead atoms. The first kappa shape index (κ1) is 12.7. The predicted octanol–water partition coefficient (Wildman–Crippen LogP) is 0.978. The molecule has 100 valence electrons. The van der Waals surface area contributed by atoms with Crippen LogP contribution in [-0.2, 0) is 7.05 Å². The molecular weight excluding hydrogens is 230 g/mol. The molecule has 6 nitrogen and oxygen atoms in total. The van der Waals surface area contributed by atoms with Crippen LogP contribution in [0.5, 0.6) is 0 Å².